The molecule has 0 N–H and O–H groups in total. The van der Waals surface area contributed by atoms with E-state index in [0.29, 0.717) is 32.8 Å². The largest absolute Gasteiger partial charge is 0.241 e. The molecule has 0 aliphatic rings. The zero-order valence-electron chi connectivity index (χ0n) is 13.3. The van der Waals surface area contributed by atoms with E-state index in [4.69, 9.17) is 21.8 Å². The highest BCUT2D eigenvalue weighted by atomic mass is 15.2. The minimum absolute atomic E-state index is 0.529. The highest BCUT2D eigenvalue weighted by molar-refractivity contribution is 6.14. The molecule has 0 saturated heterocycles. The van der Waals surface area contributed by atoms with E-state index < -0.39 is 0 Å². The molecule has 0 atom stereocenters. The third-order valence-corrected chi connectivity index (χ3v) is 4.53. The maximum atomic E-state index is 9.10. The summed E-state index contributed by atoms with van der Waals surface area (Å²) in [5.41, 5.74) is 2.51. The minimum Gasteiger partial charge on any atom is -0.241 e. The van der Waals surface area contributed by atoms with Crippen LogP contribution < -0.4 is 10.7 Å². The number of hydrogen-bond donors (Lipinski definition) is 0. The molecule has 5 aromatic rings. The number of nitriles is 1. The molecule has 0 aliphatic heterocycles. The van der Waals surface area contributed by atoms with Crippen LogP contribution in [0, 0.1) is 18.0 Å². The Morgan fingerprint density at radius 1 is 0.769 bits per heavy atom. The summed E-state index contributed by atoms with van der Waals surface area (Å²) in [6.45, 7) is 7.14. The third-order valence-electron chi connectivity index (χ3n) is 4.53. The number of fused-ring (bicyclic) bond motifs is 6. The second-order valence-electron chi connectivity index (χ2n) is 5.82. The van der Waals surface area contributed by atoms with Crippen LogP contribution in [0.3, 0.4) is 0 Å². The molecule has 0 radical (unpaired) electrons. The molecule has 1 heterocycles. The van der Waals surface area contributed by atoms with Gasteiger partial charge in [0.15, 0.2) is 5.36 Å². The van der Waals surface area contributed by atoms with Gasteiger partial charge in [-0.3, -0.25) is 0 Å². The van der Waals surface area contributed by atoms with Crippen LogP contribution in [-0.4, -0.2) is 9.97 Å². The summed E-state index contributed by atoms with van der Waals surface area (Å²) in [4.78, 5) is 16.8. The zero-order chi connectivity index (χ0) is 17.7. The summed E-state index contributed by atoms with van der Waals surface area (Å²) in [6.07, 6.45) is 1.86. The molecular weight excluding hydrogens is 324 g/mol. The van der Waals surface area contributed by atoms with Crippen molar-refractivity contribution in [1.29, 1.82) is 5.26 Å². The molecule has 0 bridgehead atoms. The first kappa shape index (κ1) is 14.2. The number of rotatable bonds is 0. The Kier molecular flexibility index (Phi) is 2.82. The van der Waals surface area contributed by atoms with Crippen molar-refractivity contribution in [2.24, 2.45) is 10.1 Å². The molecule has 0 spiro atoms. The van der Waals surface area contributed by atoms with E-state index in [-0.39, 0.29) is 0 Å². The van der Waals surface area contributed by atoms with Gasteiger partial charge in [0.05, 0.1) is 16.1 Å². The fourth-order valence-corrected chi connectivity index (χ4v) is 3.50. The van der Waals surface area contributed by atoms with Gasteiger partial charge in [0.1, 0.15) is 16.4 Å². The van der Waals surface area contributed by atoms with Crippen molar-refractivity contribution < 1.29 is 0 Å². The van der Waals surface area contributed by atoms with E-state index in [9.17, 15) is 0 Å². The van der Waals surface area contributed by atoms with E-state index in [2.05, 4.69) is 15.0 Å². The van der Waals surface area contributed by atoms with Crippen molar-refractivity contribution in [2.45, 2.75) is 0 Å². The van der Waals surface area contributed by atoms with Crippen molar-refractivity contribution in [2.75, 3.05) is 0 Å². The van der Waals surface area contributed by atoms with E-state index in [0.717, 1.165) is 21.5 Å². The van der Waals surface area contributed by atoms with Crippen LogP contribution in [0.15, 0.2) is 58.6 Å². The Morgan fingerprint density at radius 3 is 1.81 bits per heavy atom. The van der Waals surface area contributed by atoms with E-state index in [1.165, 1.54) is 0 Å². The van der Waals surface area contributed by atoms with Crippen molar-refractivity contribution in [3.05, 3.63) is 70.8 Å². The van der Waals surface area contributed by atoms with Gasteiger partial charge in [-0.1, -0.05) is 48.5 Å². The van der Waals surface area contributed by atoms with Gasteiger partial charge in [0.2, 0.25) is 6.19 Å². The summed E-state index contributed by atoms with van der Waals surface area (Å²) in [6, 6.07) is 15.3. The summed E-state index contributed by atoms with van der Waals surface area (Å²) >= 11 is 0. The Hall–Kier alpha value is -4.16. The lowest BCUT2D eigenvalue weighted by atomic mass is 10.2. The van der Waals surface area contributed by atoms with Crippen LogP contribution in [0.25, 0.3) is 48.6 Å². The summed E-state index contributed by atoms with van der Waals surface area (Å²) in [5.74, 6) is 0. The summed E-state index contributed by atoms with van der Waals surface area (Å²) < 4.78 is 0. The lowest BCUT2D eigenvalue weighted by molar-refractivity contribution is 1.33. The Labute approximate surface area is 146 Å². The standard InChI is InChI=1S/C20H8N6/c1-22-26-18-14-9-5-4-8-13(14)17-20(18)25-16-12-7-3-2-6-11(12)15(23-10-21)19(16)24-17/h2-9H/b23-15?,26-18+. The highest BCUT2D eigenvalue weighted by Crippen LogP contribution is 2.27. The quantitative estimate of drug-likeness (QED) is 0.248. The SMILES string of the molecule is [C-]#[N+]/N=c1\c2ccccc2c2nc3c(=NC#N)c4ccccc4c3nc12. The van der Waals surface area contributed by atoms with Gasteiger partial charge in [-0.15, -0.1) is 4.95 Å². The fraction of sp³-hybridized carbons (Fsp3) is 0. The molecular formula is C20H8N6. The highest BCUT2D eigenvalue weighted by Gasteiger charge is 2.18. The van der Waals surface area contributed by atoms with Crippen LogP contribution in [-0.2, 0) is 0 Å². The summed E-state index contributed by atoms with van der Waals surface area (Å²) in [7, 11) is 0. The van der Waals surface area contributed by atoms with Crippen molar-refractivity contribution in [1.82, 2.24) is 9.97 Å². The molecule has 0 unspecified atom stereocenters. The fourth-order valence-electron chi connectivity index (χ4n) is 3.50. The van der Waals surface area contributed by atoms with E-state index in [1.54, 1.807) is 0 Å². The van der Waals surface area contributed by atoms with Crippen LogP contribution in [0.1, 0.15) is 0 Å². The van der Waals surface area contributed by atoms with Gasteiger partial charge < -0.3 is 0 Å². The Balaban J connectivity index is 2.15. The van der Waals surface area contributed by atoms with Gasteiger partial charge in [0, 0.05) is 21.5 Å². The Bertz CT molecular complexity index is 1430. The second kappa shape index (κ2) is 5.17. The van der Waals surface area contributed by atoms with Crippen LogP contribution in [0.5, 0.6) is 0 Å². The average molecular weight is 332 g/mol. The smallest absolute Gasteiger partial charge is 0.206 e. The molecule has 6 nitrogen and oxygen atoms in total. The minimum atomic E-state index is 0.529. The van der Waals surface area contributed by atoms with Crippen molar-refractivity contribution >= 4 is 43.6 Å². The van der Waals surface area contributed by atoms with Gasteiger partial charge in [0.25, 0.3) is 0 Å². The maximum Gasteiger partial charge on any atom is 0.206 e. The average Bonchev–Trinajstić information content (AvgIpc) is 3.15. The molecule has 4 aromatic carbocycles. The zero-order valence-corrected chi connectivity index (χ0v) is 13.3. The lowest BCUT2D eigenvalue weighted by Crippen LogP contribution is -2.02. The Morgan fingerprint density at radius 2 is 1.27 bits per heavy atom. The monoisotopic (exact) mass is 332 g/mol. The molecule has 0 saturated carbocycles. The van der Waals surface area contributed by atoms with Gasteiger partial charge in [-0.05, 0) is 0 Å². The number of nitrogens with zero attached hydrogens (tertiary/aromatic N) is 6. The second-order valence-corrected chi connectivity index (χ2v) is 5.82. The van der Waals surface area contributed by atoms with Crippen molar-refractivity contribution in [3.63, 3.8) is 0 Å². The maximum absolute atomic E-state index is 9.10. The predicted molar refractivity (Wildman–Crippen MR) is 97.8 cm³/mol. The van der Waals surface area contributed by atoms with E-state index in [1.807, 2.05) is 54.7 Å². The molecule has 5 rings (SSSR count). The first-order valence-corrected chi connectivity index (χ1v) is 7.87. The van der Waals surface area contributed by atoms with Crippen LogP contribution >= 0.6 is 0 Å². The molecule has 0 amide bonds. The molecule has 0 fully saturated rings. The van der Waals surface area contributed by atoms with Gasteiger partial charge in [-0.25, -0.2) is 9.97 Å². The number of hydrogen-bond acceptors (Lipinski definition) is 5. The summed E-state index contributed by atoms with van der Waals surface area (Å²) in [5, 5.41) is 17.6. The molecule has 1 aromatic heterocycles. The van der Waals surface area contributed by atoms with Crippen LogP contribution in [0.4, 0.5) is 0 Å². The molecule has 118 valence electrons. The molecule has 26 heavy (non-hydrogen) atoms. The molecule has 6 heteroatoms. The first-order chi connectivity index (χ1) is 12.8. The number of benzene rings is 2. The normalized spacial score (nSPS) is 13.0. The predicted octanol–water partition coefficient (Wildman–Crippen LogP) is 3.08. The third kappa shape index (κ3) is 1.73. The molecule has 0 aliphatic carbocycles. The van der Waals surface area contributed by atoms with Crippen molar-refractivity contribution in [3.8, 4) is 6.19 Å². The number of aromatic nitrogens is 2. The van der Waals surface area contributed by atoms with Gasteiger partial charge >= 0.3 is 0 Å². The lowest BCUT2D eigenvalue weighted by Gasteiger charge is -1.93. The topological polar surface area (TPSA) is 78.6 Å². The van der Waals surface area contributed by atoms with Crippen LogP contribution in [0.2, 0.25) is 0 Å². The van der Waals surface area contributed by atoms with Gasteiger partial charge in [-0.2, -0.15) is 16.8 Å². The first-order valence-electron chi connectivity index (χ1n) is 7.87. The van der Waals surface area contributed by atoms with E-state index >= 15 is 0 Å².